The van der Waals surface area contributed by atoms with Crippen LogP contribution in [0.3, 0.4) is 0 Å². The first-order chi connectivity index (χ1) is 9.20. The van der Waals surface area contributed by atoms with Gasteiger partial charge < -0.3 is 5.32 Å². The molecule has 1 aromatic rings. The molecule has 1 heterocycles. The number of likely N-dealkylation sites (N-methyl/N-ethyl adjacent to an activating group) is 1. The van der Waals surface area contributed by atoms with Crippen LogP contribution in [-0.4, -0.2) is 31.1 Å². The van der Waals surface area contributed by atoms with Gasteiger partial charge in [0.2, 0.25) is 0 Å². The van der Waals surface area contributed by atoms with Crippen LogP contribution in [0.2, 0.25) is 0 Å². The van der Waals surface area contributed by atoms with Crippen molar-refractivity contribution in [2.24, 2.45) is 11.8 Å². The van der Waals surface area contributed by atoms with Crippen molar-refractivity contribution < 1.29 is 0 Å². The highest BCUT2D eigenvalue weighted by Gasteiger charge is 2.26. The summed E-state index contributed by atoms with van der Waals surface area (Å²) in [5.41, 5.74) is 3.03. The standard InChI is InChI=1S/C17H28N2/c1-4-18-10-9-16-7-5-6-8-17(16)13-19-11-14(2)15(3)12-19/h5-8,14-15,18H,4,9-13H2,1-3H3. The van der Waals surface area contributed by atoms with Gasteiger partial charge in [0.25, 0.3) is 0 Å². The molecule has 19 heavy (non-hydrogen) atoms. The molecule has 1 aliphatic rings. The van der Waals surface area contributed by atoms with E-state index in [1.165, 1.54) is 24.2 Å². The SMILES string of the molecule is CCNCCc1ccccc1CN1CC(C)C(C)C1. The van der Waals surface area contributed by atoms with Crippen molar-refractivity contribution in [1.29, 1.82) is 0 Å². The lowest BCUT2D eigenvalue weighted by Crippen LogP contribution is -2.22. The van der Waals surface area contributed by atoms with E-state index in [1.54, 1.807) is 0 Å². The van der Waals surface area contributed by atoms with Crippen LogP contribution in [0.1, 0.15) is 31.9 Å². The zero-order valence-corrected chi connectivity index (χ0v) is 12.7. The molecule has 2 atom stereocenters. The number of likely N-dealkylation sites (tertiary alicyclic amines) is 1. The Kier molecular flexibility index (Phi) is 5.41. The second-order valence-corrected chi connectivity index (χ2v) is 6.02. The van der Waals surface area contributed by atoms with Crippen molar-refractivity contribution in [1.82, 2.24) is 10.2 Å². The minimum atomic E-state index is 0.842. The maximum atomic E-state index is 3.42. The summed E-state index contributed by atoms with van der Waals surface area (Å²) in [4.78, 5) is 2.61. The molecule has 1 fully saturated rings. The summed E-state index contributed by atoms with van der Waals surface area (Å²) in [5.74, 6) is 1.68. The van der Waals surface area contributed by atoms with E-state index < -0.39 is 0 Å². The minimum absolute atomic E-state index is 0.842. The van der Waals surface area contributed by atoms with E-state index in [0.717, 1.165) is 37.9 Å². The fraction of sp³-hybridized carbons (Fsp3) is 0.647. The molecule has 1 aliphatic heterocycles. The molecular formula is C17H28N2. The number of nitrogens with one attached hydrogen (secondary N) is 1. The lowest BCUT2D eigenvalue weighted by molar-refractivity contribution is 0.315. The first kappa shape index (κ1) is 14.5. The molecule has 0 spiro atoms. The van der Waals surface area contributed by atoms with Gasteiger partial charge in [-0.15, -0.1) is 0 Å². The van der Waals surface area contributed by atoms with Crippen LogP contribution < -0.4 is 5.32 Å². The lowest BCUT2D eigenvalue weighted by Gasteiger charge is -2.18. The van der Waals surface area contributed by atoms with Crippen LogP contribution in [0.25, 0.3) is 0 Å². The largest absolute Gasteiger partial charge is 0.317 e. The second-order valence-electron chi connectivity index (χ2n) is 6.02. The van der Waals surface area contributed by atoms with Gasteiger partial charge in [0, 0.05) is 19.6 Å². The Bertz CT molecular complexity index is 379. The third kappa shape index (κ3) is 4.05. The van der Waals surface area contributed by atoms with E-state index in [0.29, 0.717) is 0 Å². The molecule has 0 saturated carbocycles. The van der Waals surface area contributed by atoms with Crippen molar-refractivity contribution in [2.45, 2.75) is 33.7 Å². The number of benzene rings is 1. The number of hydrogen-bond donors (Lipinski definition) is 1. The fourth-order valence-corrected chi connectivity index (χ4v) is 2.97. The van der Waals surface area contributed by atoms with Crippen LogP contribution in [-0.2, 0) is 13.0 Å². The van der Waals surface area contributed by atoms with Gasteiger partial charge in [-0.2, -0.15) is 0 Å². The van der Waals surface area contributed by atoms with Crippen molar-refractivity contribution in [3.63, 3.8) is 0 Å². The van der Waals surface area contributed by atoms with Gasteiger partial charge in [-0.1, -0.05) is 45.0 Å². The Morgan fingerprint density at radius 1 is 1.11 bits per heavy atom. The molecule has 2 rings (SSSR count). The van der Waals surface area contributed by atoms with E-state index in [1.807, 2.05) is 0 Å². The van der Waals surface area contributed by atoms with E-state index in [9.17, 15) is 0 Å². The molecule has 0 aromatic heterocycles. The van der Waals surface area contributed by atoms with Crippen molar-refractivity contribution >= 4 is 0 Å². The van der Waals surface area contributed by atoms with Gasteiger partial charge in [-0.05, 0) is 42.5 Å². The van der Waals surface area contributed by atoms with E-state index in [2.05, 4.69) is 55.3 Å². The van der Waals surface area contributed by atoms with Gasteiger partial charge in [0.05, 0.1) is 0 Å². The Morgan fingerprint density at radius 3 is 2.37 bits per heavy atom. The summed E-state index contributed by atoms with van der Waals surface area (Å²) in [6.07, 6.45) is 1.14. The predicted molar refractivity (Wildman–Crippen MR) is 82.3 cm³/mol. The maximum absolute atomic E-state index is 3.42. The Balaban J connectivity index is 1.96. The molecular weight excluding hydrogens is 232 g/mol. The molecule has 0 aliphatic carbocycles. The minimum Gasteiger partial charge on any atom is -0.317 e. The summed E-state index contributed by atoms with van der Waals surface area (Å²) in [6, 6.07) is 8.93. The molecule has 0 radical (unpaired) electrons. The Hall–Kier alpha value is -0.860. The fourth-order valence-electron chi connectivity index (χ4n) is 2.97. The topological polar surface area (TPSA) is 15.3 Å². The highest BCUT2D eigenvalue weighted by atomic mass is 15.1. The third-order valence-electron chi connectivity index (χ3n) is 4.40. The average Bonchev–Trinajstić information content (AvgIpc) is 2.71. The zero-order valence-electron chi connectivity index (χ0n) is 12.7. The Labute approximate surface area is 118 Å². The van der Waals surface area contributed by atoms with Gasteiger partial charge in [-0.25, -0.2) is 0 Å². The van der Waals surface area contributed by atoms with E-state index >= 15 is 0 Å². The van der Waals surface area contributed by atoms with Gasteiger partial charge in [0.1, 0.15) is 0 Å². The van der Waals surface area contributed by atoms with E-state index in [4.69, 9.17) is 0 Å². The highest BCUT2D eigenvalue weighted by Crippen LogP contribution is 2.24. The second kappa shape index (κ2) is 7.06. The first-order valence-electron chi connectivity index (χ1n) is 7.70. The number of nitrogens with zero attached hydrogens (tertiary/aromatic N) is 1. The smallest absolute Gasteiger partial charge is 0.0236 e. The summed E-state index contributed by atoms with van der Waals surface area (Å²) in [5, 5.41) is 3.42. The first-order valence-corrected chi connectivity index (χ1v) is 7.70. The molecule has 1 N–H and O–H groups in total. The normalized spacial score (nSPS) is 23.9. The van der Waals surface area contributed by atoms with Crippen molar-refractivity contribution in [3.05, 3.63) is 35.4 Å². The van der Waals surface area contributed by atoms with Crippen LogP contribution in [0.15, 0.2) is 24.3 Å². The third-order valence-corrected chi connectivity index (χ3v) is 4.40. The van der Waals surface area contributed by atoms with Gasteiger partial charge >= 0.3 is 0 Å². The summed E-state index contributed by atoms with van der Waals surface area (Å²) < 4.78 is 0. The quantitative estimate of drug-likeness (QED) is 0.791. The lowest BCUT2D eigenvalue weighted by atomic mass is 10.0. The number of rotatable bonds is 6. The van der Waals surface area contributed by atoms with Crippen LogP contribution >= 0.6 is 0 Å². The van der Waals surface area contributed by atoms with Crippen LogP contribution in [0.5, 0.6) is 0 Å². The molecule has 1 saturated heterocycles. The predicted octanol–water partition coefficient (Wildman–Crippen LogP) is 2.93. The highest BCUT2D eigenvalue weighted by molar-refractivity contribution is 5.27. The monoisotopic (exact) mass is 260 g/mol. The molecule has 106 valence electrons. The summed E-state index contributed by atoms with van der Waals surface area (Å²) in [6.45, 7) is 12.7. The van der Waals surface area contributed by atoms with E-state index in [-0.39, 0.29) is 0 Å². The average molecular weight is 260 g/mol. The van der Waals surface area contributed by atoms with Crippen molar-refractivity contribution in [2.75, 3.05) is 26.2 Å². The van der Waals surface area contributed by atoms with Gasteiger partial charge in [-0.3, -0.25) is 4.90 Å². The summed E-state index contributed by atoms with van der Waals surface area (Å²) >= 11 is 0. The summed E-state index contributed by atoms with van der Waals surface area (Å²) in [7, 11) is 0. The molecule has 1 aromatic carbocycles. The Morgan fingerprint density at radius 2 is 1.74 bits per heavy atom. The molecule has 0 amide bonds. The zero-order chi connectivity index (χ0) is 13.7. The van der Waals surface area contributed by atoms with Crippen LogP contribution in [0, 0.1) is 11.8 Å². The van der Waals surface area contributed by atoms with Gasteiger partial charge in [0.15, 0.2) is 0 Å². The van der Waals surface area contributed by atoms with Crippen molar-refractivity contribution in [3.8, 4) is 0 Å². The maximum Gasteiger partial charge on any atom is 0.0236 e. The molecule has 2 nitrogen and oxygen atoms in total. The molecule has 0 bridgehead atoms. The molecule has 2 heteroatoms. The molecule has 2 unspecified atom stereocenters. The number of hydrogen-bond acceptors (Lipinski definition) is 2. The van der Waals surface area contributed by atoms with Crippen LogP contribution in [0.4, 0.5) is 0 Å².